The number of carbonyl (C=O) groups excluding carboxylic acids is 1. The van der Waals surface area contributed by atoms with E-state index in [-0.39, 0.29) is 24.6 Å². The highest BCUT2D eigenvalue weighted by Gasteiger charge is 2.43. The van der Waals surface area contributed by atoms with Crippen LogP contribution in [0.3, 0.4) is 0 Å². The fourth-order valence-electron chi connectivity index (χ4n) is 5.28. The number of alkyl halides is 2. The second-order valence-corrected chi connectivity index (χ2v) is 11.3. The Bertz CT molecular complexity index is 1170. The van der Waals surface area contributed by atoms with Crippen molar-refractivity contribution < 1.29 is 23.5 Å². The van der Waals surface area contributed by atoms with E-state index in [9.17, 15) is 18.7 Å². The van der Waals surface area contributed by atoms with Crippen LogP contribution in [0.4, 0.5) is 13.6 Å². The number of oxime groups is 1. The molecule has 0 fully saturated rings. The van der Waals surface area contributed by atoms with Gasteiger partial charge in [-0.3, -0.25) is 0 Å². The summed E-state index contributed by atoms with van der Waals surface area (Å²) in [6.45, 7) is 7.69. The lowest BCUT2D eigenvalue weighted by atomic mass is 9.74. The number of nitrogens with one attached hydrogen (secondary N) is 2. The molecule has 11 heteroatoms. The van der Waals surface area contributed by atoms with Gasteiger partial charge in [-0.2, -0.15) is 0 Å². The molecule has 2 unspecified atom stereocenters. The van der Waals surface area contributed by atoms with Crippen molar-refractivity contribution in [2.24, 2.45) is 10.6 Å². The van der Waals surface area contributed by atoms with Crippen molar-refractivity contribution in [3.63, 3.8) is 0 Å². The van der Waals surface area contributed by atoms with E-state index >= 15 is 0 Å². The van der Waals surface area contributed by atoms with E-state index in [1.165, 1.54) is 13.0 Å². The lowest BCUT2D eigenvalue weighted by molar-refractivity contribution is 0.0164. The predicted octanol–water partition coefficient (Wildman–Crippen LogP) is 4.58. The molecule has 4 aliphatic rings. The SMILES string of the molecule is CCC(F)(F)C1=CC=C(NC(=O)N2CC=C(C3(C)NC=C(C4ON=C(CO)N4C)C=C3Cl)CC2)CC1(C)C. The van der Waals surface area contributed by atoms with Crippen LogP contribution < -0.4 is 10.6 Å². The van der Waals surface area contributed by atoms with Crippen LogP contribution >= 0.6 is 11.6 Å². The topological polar surface area (TPSA) is 89.4 Å². The quantitative estimate of drug-likeness (QED) is 0.421. The number of dihydropyridines is 1. The van der Waals surface area contributed by atoms with E-state index in [1.54, 1.807) is 36.8 Å². The molecule has 0 saturated heterocycles. The van der Waals surface area contributed by atoms with E-state index < -0.39 is 23.1 Å². The van der Waals surface area contributed by atoms with E-state index in [2.05, 4.69) is 15.8 Å². The van der Waals surface area contributed by atoms with Crippen LogP contribution in [0.5, 0.6) is 0 Å². The monoisotopic (exact) mass is 551 g/mol. The van der Waals surface area contributed by atoms with E-state index in [4.69, 9.17) is 16.4 Å². The third-order valence-corrected chi connectivity index (χ3v) is 8.29. The van der Waals surface area contributed by atoms with Crippen molar-refractivity contribution >= 4 is 23.5 Å². The van der Waals surface area contributed by atoms with Gasteiger partial charge in [0.2, 0.25) is 6.23 Å². The summed E-state index contributed by atoms with van der Waals surface area (Å²) >= 11 is 6.75. The van der Waals surface area contributed by atoms with Gasteiger partial charge in [-0.1, -0.05) is 49.7 Å². The Morgan fingerprint density at radius 1 is 1.37 bits per heavy atom. The fraction of sp³-hybridized carbons (Fsp3) is 0.556. The molecule has 2 atom stereocenters. The molecule has 0 spiro atoms. The number of urea groups is 1. The average Bonchev–Trinajstić information content (AvgIpc) is 3.25. The maximum atomic E-state index is 14.4. The second kappa shape index (κ2) is 10.4. The lowest BCUT2D eigenvalue weighted by Crippen LogP contribution is -2.49. The standard InChI is InChI=1S/C27H36ClF2N5O3/c1-6-27(29,30)20-8-7-19(14-25(20,2)3)32-24(37)35-11-9-18(10-12-35)26(4)21(28)13-17(15-31-26)23-34(5)22(16-36)33-38-23/h7-9,13,15,23,31,36H,6,10-12,14,16H2,1-5H3,(H,32,37). The first-order valence-electron chi connectivity index (χ1n) is 12.8. The van der Waals surface area contributed by atoms with E-state index in [1.807, 2.05) is 25.3 Å². The Balaban J connectivity index is 1.39. The zero-order valence-electron chi connectivity index (χ0n) is 22.4. The van der Waals surface area contributed by atoms with Crippen LogP contribution in [0, 0.1) is 5.41 Å². The van der Waals surface area contributed by atoms with Gasteiger partial charge < -0.3 is 30.4 Å². The number of hydrogen-bond donors (Lipinski definition) is 3. The fourth-order valence-corrected chi connectivity index (χ4v) is 5.58. The molecule has 0 aromatic heterocycles. The molecule has 3 heterocycles. The van der Waals surface area contributed by atoms with E-state index in [0.717, 1.165) is 11.1 Å². The summed E-state index contributed by atoms with van der Waals surface area (Å²) < 4.78 is 28.7. The van der Waals surface area contributed by atoms with Crippen LogP contribution in [-0.4, -0.2) is 71.2 Å². The Morgan fingerprint density at radius 3 is 2.66 bits per heavy atom. The lowest BCUT2D eigenvalue weighted by Gasteiger charge is -2.40. The van der Waals surface area contributed by atoms with Crippen LogP contribution in [0.2, 0.25) is 0 Å². The first kappa shape index (κ1) is 28.2. The second-order valence-electron chi connectivity index (χ2n) is 10.9. The highest BCUT2D eigenvalue weighted by Crippen LogP contribution is 2.45. The number of likely N-dealkylation sites (N-methyl/N-ethyl adjacent to an activating group) is 1. The number of aliphatic hydroxyl groups is 1. The summed E-state index contributed by atoms with van der Waals surface area (Å²) in [6, 6.07) is -0.256. The first-order chi connectivity index (χ1) is 17.8. The molecular formula is C27H36ClF2N5O3. The van der Waals surface area contributed by atoms with Gasteiger partial charge in [-0.15, -0.1) is 0 Å². The Hall–Kier alpha value is -2.85. The van der Waals surface area contributed by atoms with Gasteiger partial charge in [0.05, 0.1) is 5.54 Å². The Labute approximate surface area is 227 Å². The molecule has 3 N–H and O–H groups in total. The summed E-state index contributed by atoms with van der Waals surface area (Å²) in [6.07, 6.45) is 8.92. The van der Waals surface area contributed by atoms with Gasteiger partial charge >= 0.3 is 6.03 Å². The maximum Gasteiger partial charge on any atom is 0.321 e. The molecule has 0 bridgehead atoms. The number of hydrogen-bond acceptors (Lipinski definition) is 6. The Morgan fingerprint density at radius 2 is 2.11 bits per heavy atom. The minimum absolute atomic E-state index is 0.0962. The number of rotatable bonds is 6. The average molecular weight is 552 g/mol. The molecule has 0 aromatic carbocycles. The summed E-state index contributed by atoms with van der Waals surface area (Å²) in [5, 5.41) is 20.2. The number of amidine groups is 1. The molecule has 0 aromatic rings. The van der Waals surface area contributed by atoms with Crippen molar-refractivity contribution in [3.05, 3.63) is 58.0 Å². The Kier molecular flexibility index (Phi) is 7.69. The van der Waals surface area contributed by atoms with E-state index in [0.29, 0.717) is 42.5 Å². The molecule has 0 radical (unpaired) electrons. The van der Waals surface area contributed by atoms with Gasteiger partial charge in [-0.25, -0.2) is 13.6 Å². The molecule has 8 nitrogen and oxygen atoms in total. The summed E-state index contributed by atoms with van der Waals surface area (Å²) in [7, 11) is 1.78. The largest absolute Gasteiger partial charge is 0.388 e. The van der Waals surface area contributed by atoms with Crippen LogP contribution in [0.1, 0.15) is 47.0 Å². The number of allylic oxidation sites excluding steroid dienone is 4. The molecule has 2 amide bonds. The zero-order chi connectivity index (χ0) is 27.9. The number of nitrogens with zero attached hydrogens (tertiary/aromatic N) is 3. The molecule has 4 rings (SSSR count). The molecule has 0 saturated carbocycles. The summed E-state index contributed by atoms with van der Waals surface area (Å²) in [5.41, 5.74) is 1.16. The highest BCUT2D eigenvalue weighted by atomic mass is 35.5. The van der Waals surface area contributed by atoms with Gasteiger partial charge in [0.1, 0.15) is 6.61 Å². The minimum atomic E-state index is -2.87. The van der Waals surface area contributed by atoms with Crippen LogP contribution in [0.25, 0.3) is 0 Å². The third-order valence-electron chi connectivity index (χ3n) is 7.80. The smallest absolute Gasteiger partial charge is 0.321 e. The molecule has 38 heavy (non-hydrogen) atoms. The maximum absolute atomic E-state index is 14.4. The van der Waals surface area contributed by atoms with Crippen LogP contribution in [-0.2, 0) is 4.84 Å². The van der Waals surface area contributed by atoms with Gasteiger partial charge in [0.15, 0.2) is 5.84 Å². The van der Waals surface area contributed by atoms with Gasteiger partial charge in [0.25, 0.3) is 5.92 Å². The highest BCUT2D eigenvalue weighted by molar-refractivity contribution is 6.31. The third kappa shape index (κ3) is 5.20. The molecule has 208 valence electrons. The van der Waals surface area contributed by atoms with Crippen molar-refractivity contribution in [1.29, 1.82) is 0 Å². The number of halogens is 3. The predicted molar refractivity (Wildman–Crippen MR) is 143 cm³/mol. The van der Waals surface area contributed by atoms with Crippen molar-refractivity contribution in [2.45, 2.75) is 64.6 Å². The molecular weight excluding hydrogens is 516 g/mol. The zero-order valence-corrected chi connectivity index (χ0v) is 23.2. The van der Waals surface area contributed by atoms with Gasteiger partial charge in [0, 0.05) is 54.6 Å². The van der Waals surface area contributed by atoms with Crippen LogP contribution in [0.15, 0.2) is 63.1 Å². The minimum Gasteiger partial charge on any atom is -0.388 e. The normalized spacial score (nSPS) is 27.2. The molecule has 3 aliphatic heterocycles. The first-order valence-corrected chi connectivity index (χ1v) is 13.2. The number of aliphatic hydroxyl groups excluding tert-OH is 1. The molecule has 1 aliphatic carbocycles. The van der Waals surface area contributed by atoms with Crippen molar-refractivity contribution in [1.82, 2.24) is 20.4 Å². The van der Waals surface area contributed by atoms with Crippen molar-refractivity contribution in [2.75, 3.05) is 26.7 Å². The van der Waals surface area contributed by atoms with Gasteiger partial charge in [-0.05, 0) is 42.9 Å². The number of carbonyl (C=O) groups is 1. The summed E-state index contributed by atoms with van der Waals surface area (Å²) in [5.74, 6) is -2.43. The number of amides is 2. The summed E-state index contributed by atoms with van der Waals surface area (Å²) in [4.78, 5) is 21.9. The van der Waals surface area contributed by atoms with Crippen molar-refractivity contribution in [3.8, 4) is 0 Å².